The van der Waals surface area contributed by atoms with Crippen LogP contribution in [0.4, 0.5) is 11.5 Å². The standard InChI is InChI=1S/C28H30N4O3S/c1-18-10-13-25(20(3)15-18)30-28-24-9-5-4-8-23(24)27(31-32-28)21-12-11-19(2)26(16-21)36(33,34)29-17-22-7-6-14-35-22/h4-5,8-13,15-16,22,29H,6-7,14,17H2,1-3H3,(H,30,32)/t22-/m0/s1. The Kier molecular flexibility index (Phi) is 6.75. The monoisotopic (exact) mass is 502 g/mol. The number of benzene rings is 3. The highest BCUT2D eigenvalue weighted by Gasteiger charge is 2.23. The van der Waals surface area contributed by atoms with Gasteiger partial charge in [0, 0.05) is 35.2 Å². The van der Waals surface area contributed by atoms with Crippen LogP contribution < -0.4 is 10.0 Å². The van der Waals surface area contributed by atoms with Gasteiger partial charge in [0.25, 0.3) is 0 Å². The molecule has 1 aliphatic heterocycles. The molecular formula is C28H30N4O3S. The number of hydrogen-bond donors (Lipinski definition) is 2. The lowest BCUT2D eigenvalue weighted by Crippen LogP contribution is -2.32. The van der Waals surface area contributed by atoms with Crippen LogP contribution >= 0.6 is 0 Å². The number of anilines is 2. The Hall–Kier alpha value is -3.33. The molecule has 2 N–H and O–H groups in total. The maximum atomic E-state index is 13.2. The second-order valence-electron chi connectivity index (χ2n) is 9.35. The van der Waals surface area contributed by atoms with E-state index in [0.29, 0.717) is 29.2 Å². The molecule has 0 amide bonds. The average molecular weight is 503 g/mol. The highest BCUT2D eigenvalue weighted by atomic mass is 32.2. The summed E-state index contributed by atoms with van der Waals surface area (Å²) in [5.41, 5.74) is 5.28. The van der Waals surface area contributed by atoms with Crippen LogP contribution in [0.5, 0.6) is 0 Å². The Morgan fingerprint density at radius 1 is 0.944 bits per heavy atom. The van der Waals surface area contributed by atoms with E-state index in [1.165, 1.54) is 5.56 Å². The summed E-state index contributed by atoms with van der Waals surface area (Å²) in [6, 6.07) is 19.5. The van der Waals surface area contributed by atoms with Gasteiger partial charge in [-0.25, -0.2) is 13.1 Å². The van der Waals surface area contributed by atoms with Crippen molar-refractivity contribution in [1.29, 1.82) is 0 Å². The van der Waals surface area contributed by atoms with Crippen LogP contribution in [-0.2, 0) is 14.8 Å². The van der Waals surface area contributed by atoms with Gasteiger partial charge >= 0.3 is 0 Å². The molecule has 5 rings (SSSR count). The van der Waals surface area contributed by atoms with Crippen molar-refractivity contribution in [3.8, 4) is 11.3 Å². The molecule has 2 heterocycles. The molecular weight excluding hydrogens is 472 g/mol. The van der Waals surface area contributed by atoms with Crippen molar-refractivity contribution < 1.29 is 13.2 Å². The molecule has 0 bridgehead atoms. The topological polar surface area (TPSA) is 93.2 Å². The second-order valence-corrected chi connectivity index (χ2v) is 11.1. The van der Waals surface area contributed by atoms with Crippen molar-refractivity contribution in [1.82, 2.24) is 14.9 Å². The Bertz CT molecular complexity index is 1530. The molecule has 1 saturated heterocycles. The number of fused-ring (bicyclic) bond motifs is 1. The van der Waals surface area contributed by atoms with Crippen LogP contribution in [0.25, 0.3) is 22.0 Å². The fourth-order valence-corrected chi connectivity index (χ4v) is 5.95. The summed E-state index contributed by atoms with van der Waals surface area (Å²) in [6.45, 7) is 6.87. The zero-order valence-corrected chi connectivity index (χ0v) is 21.5. The van der Waals surface area contributed by atoms with E-state index in [0.717, 1.165) is 34.9 Å². The van der Waals surface area contributed by atoms with E-state index < -0.39 is 10.0 Å². The molecule has 7 nitrogen and oxygen atoms in total. The largest absolute Gasteiger partial charge is 0.377 e. The van der Waals surface area contributed by atoms with Crippen molar-refractivity contribution in [2.45, 2.75) is 44.6 Å². The van der Waals surface area contributed by atoms with Gasteiger partial charge in [-0.15, -0.1) is 10.2 Å². The fourth-order valence-electron chi connectivity index (χ4n) is 4.61. The van der Waals surface area contributed by atoms with E-state index in [1.807, 2.05) is 42.5 Å². The van der Waals surface area contributed by atoms with Gasteiger partial charge in [0.2, 0.25) is 10.0 Å². The minimum atomic E-state index is -3.71. The molecule has 1 atom stereocenters. The predicted octanol–water partition coefficient (Wildman–Crippen LogP) is 5.42. The minimum absolute atomic E-state index is 0.0738. The summed E-state index contributed by atoms with van der Waals surface area (Å²) in [7, 11) is -3.71. The Balaban J connectivity index is 1.51. The van der Waals surface area contributed by atoms with Crippen LogP contribution in [0.3, 0.4) is 0 Å². The first kappa shape index (κ1) is 24.4. The van der Waals surface area contributed by atoms with Gasteiger partial charge in [0.1, 0.15) is 5.69 Å². The molecule has 4 aromatic rings. The molecule has 0 saturated carbocycles. The van der Waals surface area contributed by atoms with E-state index in [-0.39, 0.29) is 17.5 Å². The SMILES string of the molecule is Cc1ccc(Nc2nnc(-c3ccc(C)c(S(=O)(=O)NC[C@@H]4CCCO4)c3)c3ccccc23)c(C)c1. The zero-order chi connectivity index (χ0) is 25.3. The molecule has 1 fully saturated rings. The van der Waals surface area contributed by atoms with Gasteiger partial charge in [0.15, 0.2) is 5.82 Å². The average Bonchev–Trinajstić information content (AvgIpc) is 3.39. The Morgan fingerprint density at radius 3 is 2.50 bits per heavy atom. The first-order valence-corrected chi connectivity index (χ1v) is 13.6. The number of aryl methyl sites for hydroxylation is 3. The number of nitrogens with one attached hydrogen (secondary N) is 2. The lowest BCUT2D eigenvalue weighted by atomic mass is 10.0. The normalized spacial score (nSPS) is 15.9. The number of hydrogen-bond acceptors (Lipinski definition) is 6. The minimum Gasteiger partial charge on any atom is -0.377 e. The van der Waals surface area contributed by atoms with Crippen molar-refractivity contribution in [3.05, 3.63) is 77.4 Å². The summed E-state index contributed by atoms with van der Waals surface area (Å²) >= 11 is 0. The summed E-state index contributed by atoms with van der Waals surface area (Å²) < 4.78 is 34.6. The maximum Gasteiger partial charge on any atom is 0.240 e. The maximum absolute atomic E-state index is 13.2. The molecule has 36 heavy (non-hydrogen) atoms. The Morgan fingerprint density at radius 2 is 1.75 bits per heavy atom. The van der Waals surface area contributed by atoms with Gasteiger partial charge in [-0.05, 0) is 56.9 Å². The van der Waals surface area contributed by atoms with Crippen LogP contribution in [0.15, 0.2) is 65.6 Å². The van der Waals surface area contributed by atoms with Crippen LogP contribution in [0.1, 0.15) is 29.5 Å². The van der Waals surface area contributed by atoms with Crippen molar-refractivity contribution in [2.75, 3.05) is 18.5 Å². The van der Waals surface area contributed by atoms with E-state index >= 15 is 0 Å². The van der Waals surface area contributed by atoms with E-state index in [1.54, 1.807) is 13.0 Å². The highest BCUT2D eigenvalue weighted by molar-refractivity contribution is 7.89. The third-order valence-electron chi connectivity index (χ3n) is 6.60. The second kappa shape index (κ2) is 9.97. The molecule has 8 heteroatoms. The fraction of sp³-hybridized carbons (Fsp3) is 0.286. The van der Waals surface area contributed by atoms with Crippen LogP contribution in [0, 0.1) is 20.8 Å². The summed E-state index contributed by atoms with van der Waals surface area (Å²) in [6.07, 6.45) is 1.75. The van der Waals surface area contributed by atoms with Crippen LogP contribution in [-0.4, -0.2) is 37.9 Å². The first-order chi connectivity index (χ1) is 17.3. The van der Waals surface area contributed by atoms with Crippen LogP contribution in [0.2, 0.25) is 0 Å². The molecule has 1 aromatic heterocycles. The molecule has 0 spiro atoms. The molecule has 3 aromatic carbocycles. The molecule has 1 aliphatic rings. The lowest BCUT2D eigenvalue weighted by molar-refractivity contribution is 0.114. The van der Waals surface area contributed by atoms with E-state index in [2.05, 4.69) is 46.2 Å². The molecule has 0 unspecified atom stereocenters. The lowest BCUT2D eigenvalue weighted by Gasteiger charge is -2.15. The smallest absolute Gasteiger partial charge is 0.240 e. The van der Waals surface area contributed by atoms with E-state index in [4.69, 9.17) is 4.74 Å². The molecule has 186 valence electrons. The number of nitrogens with zero attached hydrogens (tertiary/aromatic N) is 2. The van der Waals surface area contributed by atoms with Gasteiger partial charge in [-0.2, -0.15) is 0 Å². The molecule has 0 aliphatic carbocycles. The summed E-state index contributed by atoms with van der Waals surface area (Å²) in [4.78, 5) is 0.237. The summed E-state index contributed by atoms with van der Waals surface area (Å²) in [5.74, 6) is 0.652. The highest BCUT2D eigenvalue weighted by Crippen LogP contribution is 2.33. The van der Waals surface area contributed by atoms with Crippen molar-refractivity contribution in [2.24, 2.45) is 0 Å². The first-order valence-electron chi connectivity index (χ1n) is 12.1. The van der Waals surface area contributed by atoms with E-state index in [9.17, 15) is 8.42 Å². The summed E-state index contributed by atoms with van der Waals surface area (Å²) in [5, 5.41) is 14.2. The number of aromatic nitrogens is 2. The van der Waals surface area contributed by atoms with Gasteiger partial charge in [-0.1, -0.05) is 54.1 Å². The molecule has 0 radical (unpaired) electrons. The zero-order valence-electron chi connectivity index (χ0n) is 20.7. The van der Waals surface area contributed by atoms with Gasteiger partial charge in [0.05, 0.1) is 11.0 Å². The van der Waals surface area contributed by atoms with Gasteiger partial charge < -0.3 is 10.1 Å². The van der Waals surface area contributed by atoms with Crippen molar-refractivity contribution in [3.63, 3.8) is 0 Å². The third-order valence-corrected chi connectivity index (χ3v) is 8.16. The Labute approximate surface area is 212 Å². The van der Waals surface area contributed by atoms with Crippen molar-refractivity contribution >= 4 is 32.3 Å². The van der Waals surface area contributed by atoms with Gasteiger partial charge in [-0.3, -0.25) is 0 Å². The number of sulfonamides is 1. The quantitative estimate of drug-likeness (QED) is 0.350. The predicted molar refractivity (Wildman–Crippen MR) is 143 cm³/mol. The third kappa shape index (κ3) is 4.97. The number of rotatable bonds is 7. The number of ether oxygens (including phenoxy) is 1.